The highest BCUT2D eigenvalue weighted by Gasteiger charge is 2.12. The molecule has 0 aliphatic heterocycles. The maximum absolute atomic E-state index is 11.9. The van der Waals surface area contributed by atoms with Crippen LogP contribution in [0.1, 0.15) is 11.3 Å². The first-order chi connectivity index (χ1) is 11.2. The Hall–Kier alpha value is -2.89. The second kappa shape index (κ2) is 7.93. The molecule has 1 amide bonds. The van der Waals surface area contributed by atoms with Gasteiger partial charge in [-0.1, -0.05) is 0 Å². The molecule has 122 valence electrons. The van der Waals surface area contributed by atoms with Crippen molar-refractivity contribution in [3.05, 3.63) is 47.9 Å². The standard InChI is InChI=1S/C17H19NO5/c1-20-14-10-16(22-3)15(21-2)9-12(14)11-18-17(19)7-6-13-5-4-8-23-13/h4-10H,11H2,1-3H3,(H,18,19)/b7-6+. The third-order valence-electron chi connectivity index (χ3n) is 3.18. The van der Waals surface area contributed by atoms with E-state index in [4.69, 9.17) is 18.6 Å². The molecule has 6 heteroatoms. The topological polar surface area (TPSA) is 69.9 Å². The minimum Gasteiger partial charge on any atom is -0.496 e. The fourth-order valence-electron chi connectivity index (χ4n) is 2.02. The van der Waals surface area contributed by atoms with E-state index in [2.05, 4.69) is 5.32 Å². The van der Waals surface area contributed by atoms with Crippen molar-refractivity contribution in [2.45, 2.75) is 6.54 Å². The fourth-order valence-corrected chi connectivity index (χ4v) is 2.02. The Balaban J connectivity index is 2.05. The van der Waals surface area contributed by atoms with Gasteiger partial charge in [-0.15, -0.1) is 0 Å². The van der Waals surface area contributed by atoms with E-state index in [-0.39, 0.29) is 5.91 Å². The van der Waals surface area contributed by atoms with Crippen molar-refractivity contribution >= 4 is 12.0 Å². The van der Waals surface area contributed by atoms with E-state index >= 15 is 0 Å². The normalized spacial score (nSPS) is 10.6. The Kier molecular flexibility index (Phi) is 5.68. The molecular formula is C17H19NO5. The lowest BCUT2D eigenvalue weighted by Gasteiger charge is -2.14. The average molecular weight is 317 g/mol. The van der Waals surface area contributed by atoms with Crippen LogP contribution in [-0.2, 0) is 11.3 Å². The summed E-state index contributed by atoms with van der Waals surface area (Å²) in [5.41, 5.74) is 0.782. The van der Waals surface area contributed by atoms with Crippen LogP contribution < -0.4 is 19.5 Å². The molecule has 1 aromatic heterocycles. The van der Waals surface area contributed by atoms with Crippen LogP contribution in [0.15, 0.2) is 41.0 Å². The Bertz CT molecular complexity index is 677. The number of ether oxygens (including phenoxy) is 3. The molecule has 0 radical (unpaired) electrons. The SMILES string of the molecule is COc1cc(OC)c(OC)cc1CNC(=O)/C=C/c1ccco1. The van der Waals surface area contributed by atoms with Crippen LogP contribution in [0.5, 0.6) is 17.2 Å². The number of amides is 1. The Morgan fingerprint density at radius 3 is 2.43 bits per heavy atom. The number of methoxy groups -OCH3 is 3. The highest BCUT2D eigenvalue weighted by Crippen LogP contribution is 2.34. The summed E-state index contributed by atoms with van der Waals surface area (Å²) in [4.78, 5) is 11.9. The lowest BCUT2D eigenvalue weighted by atomic mass is 10.1. The maximum atomic E-state index is 11.9. The van der Waals surface area contributed by atoms with E-state index in [0.717, 1.165) is 5.56 Å². The van der Waals surface area contributed by atoms with Crippen LogP contribution in [0.2, 0.25) is 0 Å². The molecule has 0 bridgehead atoms. The van der Waals surface area contributed by atoms with E-state index in [1.165, 1.54) is 6.08 Å². The number of benzene rings is 1. The van der Waals surface area contributed by atoms with E-state index in [1.54, 1.807) is 57.9 Å². The summed E-state index contributed by atoms with van der Waals surface area (Å²) in [6.07, 6.45) is 4.55. The Morgan fingerprint density at radius 2 is 1.83 bits per heavy atom. The van der Waals surface area contributed by atoms with E-state index in [0.29, 0.717) is 29.6 Å². The molecular weight excluding hydrogens is 298 g/mol. The average Bonchev–Trinajstić information content (AvgIpc) is 3.10. The van der Waals surface area contributed by atoms with Gasteiger partial charge in [0.2, 0.25) is 5.91 Å². The summed E-state index contributed by atoms with van der Waals surface area (Å²) < 4.78 is 20.9. The highest BCUT2D eigenvalue weighted by atomic mass is 16.5. The molecule has 0 saturated heterocycles. The van der Waals surface area contributed by atoms with Gasteiger partial charge in [-0.3, -0.25) is 4.79 Å². The van der Waals surface area contributed by atoms with Crippen LogP contribution in [0.3, 0.4) is 0 Å². The summed E-state index contributed by atoms with van der Waals surface area (Å²) in [5.74, 6) is 2.13. The number of hydrogen-bond donors (Lipinski definition) is 1. The molecule has 0 unspecified atom stereocenters. The molecule has 0 fully saturated rings. The number of carbonyl (C=O) groups excluding carboxylic acids is 1. The summed E-state index contributed by atoms with van der Waals surface area (Å²) in [6, 6.07) is 7.01. The zero-order valence-electron chi connectivity index (χ0n) is 13.3. The predicted molar refractivity (Wildman–Crippen MR) is 85.7 cm³/mol. The van der Waals surface area contributed by atoms with Gasteiger partial charge in [0, 0.05) is 24.3 Å². The van der Waals surface area contributed by atoms with E-state index in [9.17, 15) is 4.79 Å². The molecule has 0 atom stereocenters. The molecule has 1 aromatic carbocycles. The lowest BCUT2D eigenvalue weighted by Crippen LogP contribution is -2.20. The summed E-state index contributed by atoms with van der Waals surface area (Å²) in [6.45, 7) is 0.296. The third kappa shape index (κ3) is 4.29. The molecule has 1 heterocycles. The first kappa shape index (κ1) is 16.5. The molecule has 0 saturated carbocycles. The fraction of sp³-hybridized carbons (Fsp3) is 0.235. The van der Waals surface area contributed by atoms with Gasteiger partial charge in [-0.25, -0.2) is 0 Å². The highest BCUT2D eigenvalue weighted by molar-refractivity contribution is 5.91. The zero-order chi connectivity index (χ0) is 16.7. The van der Waals surface area contributed by atoms with Crippen LogP contribution in [0.25, 0.3) is 6.08 Å². The number of furan rings is 1. The van der Waals surface area contributed by atoms with Crippen molar-refractivity contribution in [2.75, 3.05) is 21.3 Å². The monoisotopic (exact) mass is 317 g/mol. The number of nitrogens with one attached hydrogen (secondary N) is 1. The second-order valence-electron chi connectivity index (χ2n) is 4.59. The van der Waals surface area contributed by atoms with Crippen molar-refractivity contribution in [1.29, 1.82) is 0 Å². The molecule has 2 aromatic rings. The van der Waals surface area contributed by atoms with Crippen LogP contribution >= 0.6 is 0 Å². The minimum atomic E-state index is -0.238. The van der Waals surface area contributed by atoms with Crippen molar-refractivity contribution < 1.29 is 23.4 Å². The summed E-state index contributed by atoms with van der Waals surface area (Å²) >= 11 is 0. The van der Waals surface area contributed by atoms with Gasteiger partial charge in [0.15, 0.2) is 11.5 Å². The quantitative estimate of drug-likeness (QED) is 0.795. The lowest BCUT2D eigenvalue weighted by molar-refractivity contribution is -0.116. The Labute approximate surface area is 134 Å². The zero-order valence-corrected chi connectivity index (χ0v) is 13.3. The van der Waals surface area contributed by atoms with Gasteiger partial charge in [-0.05, 0) is 24.3 Å². The molecule has 0 spiro atoms. The summed E-state index contributed by atoms with van der Waals surface area (Å²) in [7, 11) is 4.67. The molecule has 23 heavy (non-hydrogen) atoms. The van der Waals surface area contributed by atoms with Gasteiger partial charge in [0.1, 0.15) is 11.5 Å². The van der Waals surface area contributed by atoms with Gasteiger partial charge < -0.3 is 23.9 Å². The van der Waals surface area contributed by atoms with E-state index < -0.39 is 0 Å². The maximum Gasteiger partial charge on any atom is 0.244 e. The van der Waals surface area contributed by atoms with Crippen molar-refractivity contribution in [3.8, 4) is 17.2 Å². The molecule has 6 nitrogen and oxygen atoms in total. The van der Waals surface area contributed by atoms with Crippen LogP contribution in [0.4, 0.5) is 0 Å². The smallest absolute Gasteiger partial charge is 0.244 e. The predicted octanol–water partition coefficient (Wildman–Crippen LogP) is 2.64. The second-order valence-corrected chi connectivity index (χ2v) is 4.59. The van der Waals surface area contributed by atoms with Crippen molar-refractivity contribution in [2.24, 2.45) is 0 Å². The van der Waals surface area contributed by atoms with Crippen molar-refractivity contribution in [3.63, 3.8) is 0 Å². The van der Waals surface area contributed by atoms with Crippen molar-refractivity contribution in [1.82, 2.24) is 5.32 Å². The number of hydrogen-bond acceptors (Lipinski definition) is 5. The first-order valence-corrected chi connectivity index (χ1v) is 6.96. The van der Waals surface area contributed by atoms with Gasteiger partial charge in [-0.2, -0.15) is 0 Å². The summed E-state index contributed by atoms with van der Waals surface area (Å²) in [5, 5.41) is 2.78. The van der Waals surface area contributed by atoms with Crippen LogP contribution in [0, 0.1) is 0 Å². The van der Waals surface area contributed by atoms with Gasteiger partial charge in [0.25, 0.3) is 0 Å². The van der Waals surface area contributed by atoms with Crippen LogP contribution in [-0.4, -0.2) is 27.2 Å². The van der Waals surface area contributed by atoms with E-state index in [1.807, 2.05) is 0 Å². The molecule has 0 aliphatic rings. The minimum absolute atomic E-state index is 0.238. The molecule has 0 aliphatic carbocycles. The Morgan fingerprint density at radius 1 is 1.13 bits per heavy atom. The number of carbonyl (C=O) groups is 1. The van der Waals surface area contributed by atoms with Gasteiger partial charge >= 0.3 is 0 Å². The largest absolute Gasteiger partial charge is 0.496 e. The molecule has 1 N–H and O–H groups in total. The van der Waals surface area contributed by atoms with Gasteiger partial charge in [0.05, 0.1) is 27.6 Å². The number of rotatable bonds is 7. The first-order valence-electron chi connectivity index (χ1n) is 6.96. The third-order valence-corrected chi connectivity index (χ3v) is 3.18. The molecule has 2 rings (SSSR count).